The zero-order valence-corrected chi connectivity index (χ0v) is 23.5. The van der Waals surface area contributed by atoms with Crippen LogP contribution in [0.25, 0.3) is 0 Å². The Morgan fingerprint density at radius 2 is 1.90 bits per heavy atom. The van der Waals surface area contributed by atoms with Crippen molar-refractivity contribution in [3.63, 3.8) is 0 Å². The number of rotatable bonds is 9. The maximum atomic E-state index is 14.7. The van der Waals surface area contributed by atoms with E-state index in [0.29, 0.717) is 50.3 Å². The van der Waals surface area contributed by atoms with Gasteiger partial charge in [-0.05, 0) is 71.4 Å². The van der Waals surface area contributed by atoms with E-state index in [2.05, 4.69) is 15.3 Å². The number of ketones is 1. The molecule has 2 aliphatic rings. The molecule has 2 heterocycles. The molecule has 1 aromatic carbocycles. The molecule has 220 valence electrons. The van der Waals surface area contributed by atoms with Crippen molar-refractivity contribution in [1.29, 1.82) is 0 Å². The van der Waals surface area contributed by atoms with Crippen LogP contribution in [0.15, 0.2) is 18.2 Å². The first-order chi connectivity index (χ1) is 18.9. The minimum Gasteiger partial charge on any atom is -0.363 e. The van der Waals surface area contributed by atoms with E-state index in [1.165, 1.54) is 12.1 Å². The number of halogens is 5. The molecule has 1 N–H and O–H groups in total. The summed E-state index contributed by atoms with van der Waals surface area (Å²) >= 11 is 0. The molecule has 1 aromatic heterocycles. The number of anilines is 1. The Balaban J connectivity index is 1.36. The van der Waals surface area contributed by atoms with Gasteiger partial charge in [0.1, 0.15) is 23.2 Å². The Labute approximate surface area is 233 Å². The Hall–Kier alpha value is -2.62. The number of aryl methyl sites for hydroxylation is 1. The normalized spacial score (nSPS) is 22.3. The summed E-state index contributed by atoms with van der Waals surface area (Å²) < 4.78 is 70.1. The van der Waals surface area contributed by atoms with Crippen molar-refractivity contribution in [3.05, 3.63) is 52.2 Å². The highest BCUT2D eigenvalue weighted by atomic mass is 19.3. The van der Waals surface area contributed by atoms with E-state index in [0.717, 1.165) is 30.2 Å². The number of nitrogens with zero attached hydrogens (tertiary/aromatic N) is 3. The summed E-state index contributed by atoms with van der Waals surface area (Å²) in [5.74, 6) is -2.76. The number of carbonyl (C=O) groups excluding carboxylic acids is 1. The van der Waals surface area contributed by atoms with Gasteiger partial charge >= 0.3 is 0 Å². The molecule has 0 spiro atoms. The number of carbonyl (C=O) groups is 1. The van der Waals surface area contributed by atoms with Crippen LogP contribution in [0.3, 0.4) is 0 Å². The van der Waals surface area contributed by atoms with Crippen molar-refractivity contribution in [2.24, 2.45) is 11.8 Å². The average molecular weight is 567 g/mol. The van der Waals surface area contributed by atoms with Crippen LogP contribution in [-0.4, -0.2) is 46.7 Å². The van der Waals surface area contributed by atoms with Crippen LogP contribution in [0.5, 0.6) is 0 Å². The van der Waals surface area contributed by atoms with Crippen LogP contribution < -0.4 is 5.32 Å². The van der Waals surface area contributed by atoms with Crippen LogP contribution in [0, 0.1) is 24.6 Å². The van der Waals surface area contributed by atoms with Gasteiger partial charge in [-0.15, -0.1) is 0 Å². The van der Waals surface area contributed by atoms with E-state index in [9.17, 15) is 26.7 Å². The fourth-order valence-corrected chi connectivity index (χ4v) is 6.19. The summed E-state index contributed by atoms with van der Waals surface area (Å²) in [6.45, 7) is 3.84. The Kier molecular flexibility index (Phi) is 9.80. The lowest BCUT2D eigenvalue weighted by atomic mass is 9.88. The number of Topliss-reactive ketones (excluding diaryl/α,β-unsaturated/α-hetero) is 1. The second-order valence-electron chi connectivity index (χ2n) is 11.7. The molecule has 1 saturated heterocycles. The third kappa shape index (κ3) is 7.77. The lowest BCUT2D eigenvalue weighted by Crippen LogP contribution is -2.35. The molecule has 5 nitrogen and oxygen atoms in total. The van der Waals surface area contributed by atoms with Gasteiger partial charge in [0.2, 0.25) is 0 Å². The summed E-state index contributed by atoms with van der Waals surface area (Å²) in [7, 11) is 1.72. The standard InChI is InChI=1S/C30H39F5N4O/c1-18(23-8-6-9-24(27(23)31)28(32)33)36-29-25-14-20(15-26(25)37-19(2)38-29)10-11-22(40)13-21-7-4-5-12-39(3)17-30(34,35)16-21/h6,8-9,18,20-21,28H,4-5,7,10-17H2,1-3H3,(H,36,37,38)/t18-,20?,21?/m1/s1. The molecule has 1 aliphatic carbocycles. The number of aromatic nitrogens is 2. The molecular weight excluding hydrogens is 527 g/mol. The molecule has 0 saturated carbocycles. The molecule has 40 heavy (non-hydrogen) atoms. The van der Waals surface area contributed by atoms with Gasteiger partial charge in [0.25, 0.3) is 12.3 Å². The number of alkyl halides is 4. The van der Waals surface area contributed by atoms with Gasteiger partial charge in [-0.25, -0.2) is 31.9 Å². The zero-order valence-electron chi connectivity index (χ0n) is 23.5. The molecule has 0 amide bonds. The highest BCUT2D eigenvalue weighted by Crippen LogP contribution is 2.36. The van der Waals surface area contributed by atoms with Crippen molar-refractivity contribution in [3.8, 4) is 0 Å². The molecule has 2 aromatic rings. The smallest absolute Gasteiger partial charge is 0.266 e. The van der Waals surface area contributed by atoms with Gasteiger partial charge in [0.05, 0.1) is 18.2 Å². The Morgan fingerprint density at radius 1 is 1.15 bits per heavy atom. The number of fused-ring (bicyclic) bond motifs is 1. The van der Waals surface area contributed by atoms with Crippen LogP contribution in [0.2, 0.25) is 0 Å². The van der Waals surface area contributed by atoms with Crippen molar-refractivity contribution in [2.75, 3.05) is 25.5 Å². The molecule has 1 fully saturated rings. The van der Waals surface area contributed by atoms with Crippen LogP contribution >= 0.6 is 0 Å². The molecule has 10 heteroatoms. The summed E-state index contributed by atoms with van der Waals surface area (Å²) in [5, 5.41) is 3.20. The lowest BCUT2D eigenvalue weighted by molar-refractivity contribution is -0.121. The molecule has 3 atom stereocenters. The first kappa shape index (κ1) is 30.3. The average Bonchev–Trinajstić information content (AvgIpc) is 3.29. The number of hydrogen-bond acceptors (Lipinski definition) is 5. The lowest BCUT2D eigenvalue weighted by Gasteiger charge is -2.25. The van der Waals surface area contributed by atoms with Crippen molar-refractivity contribution in [1.82, 2.24) is 14.9 Å². The summed E-state index contributed by atoms with van der Waals surface area (Å²) in [4.78, 5) is 23.6. The highest BCUT2D eigenvalue weighted by molar-refractivity contribution is 5.78. The number of hydrogen-bond donors (Lipinski definition) is 1. The van der Waals surface area contributed by atoms with E-state index < -0.39 is 29.8 Å². The minimum atomic E-state index is -2.91. The maximum absolute atomic E-state index is 14.7. The van der Waals surface area contributed by atoms with Crippen molar-refractivity contribution < 1.29 is 26.7 Å². The molecule has 0 radical (unpaired) electrons. The van der Waals surface area contributed by atoms with E-state index >= 15 is 0 Å². The van der Waals surface area contributed by atoms with Crippen molar-refractivity contribution >= 4 is 11.6 Å². The monoisotopic (exact) mass is 566 g/mol. The van der Waals surface area contributed by atoms with E-state index in [1.54, 1.807) is 25.8 Å². The molecular formula is C30H39F5N4O. The van der Waals surface area contributed by atoms with Crippen LogP contribution in [0.1, 0.15) is 92.5 Å². The first-order valence-electron chi connectivity index (χ1n) is 14.2. The molecule has 4 rings (SSSR count). The van der Waals surface area contributed by atoms with Gasteiger partial charge in [0, 0.05) is 36.1 Å². The quantitative estimate of drug-likeness (QED) is 0.324. The fraction of sp³-hybridized carbons (Fsp3) is 0.633. The third-order valence-corrected chi connectivity index (χ3v) is 8.13. The predicted octanol–water partition coefficient (Wildman–Crippen LogP) is 7.25. The highest BCUT2D eigenvalue weighted by Gasteiger charge is 2.35. The van der Waals surface area contributed by atoms with Crippen LogP contribution in [0.4, 0.5) is 27.8 Å². The second-order valence-corrected chi connectivity index (χ2v) is 11.7. The van der Waals surface area contributed by atoms with Crippen LogP contribution in [-0.2, 0) is 17.6 Å². The van der Waals surface area contributed by atoms with E-state index in [1.807, 2.05) is 0 Å². The fourth-order valence-electron chi connectivity index (χ4n) is 6.19. The third-order valence-electron chi connectivity index (χ3n) is 8.13. The summed E-state index contributed by atoms with van der Waals surface area (Å²) in [5.41, 5.74) is 1.25. The Bertz CT molecular complexity index is 1190. The van der Waals surface area contributed by atoms with Gasteiger partial charge in [0.15, 0.2) is 0 Å². The van der Waals surface area contributed by atoms with Crippen molar-refractivity contribution in [2.45, 2.75) is 90.0 Å². The largest absolute Gasteiger partial charge is 0.363 e. The second kappa shape index (κ2) is 12.9. The number of benzene rings is 1. The topological polar surface area (TPSA) is 58.1 Å². The SMILES string of the molecule is Cc1nc2c(c(N[C@H](C)c3cccc(C(F)F)c3F)n1)CC(CCC(=O)CC1CCCCN(C)CC(F)(F)C1)C2. The summed E-state index contributed by atoms with van der Waals surface area (Å²) in [6, 6.07) is 3.37. The molecule has 0 bridgehead atoms. The number of nitrogens with one attached hydrogen (secondary N) is 1. The molecule has 1 aliphatic heterocycles. The summed E-state index contributed by atoms with van der Waals surface area (Å²) in [6.07, 6.45) is 1.63. The van der Waals surface area contributed by atoms with E-state index in [4.69, 9.17) is 0 Å². The van der Waals surface area contributed by atoms with Gasteiger partial charge in [-0.1, -0.05) is 24.6 Å². The Morgan fingerprint density at radius 3 is 2.65 bits per heavy atom. The zero-order chi connectivity index (χ0) is 29.0. The van der Waals surface area contributed by atoms with Gasteiger partial charge in [-0.2, -0.15) is 0 Å². The maximum Gasteiger partial charge on any atom is 0.266 e. The first-order valence-corrected chi connectivity index (χ1v) is 14.2. The molecule has 2 unspecified atom stereocenters. The minimum absolute atomic E-state index is 0.0213. The predicted molar refractivity (Wildman–Crippen MR) is 144 cm³/mol. The van der Waals surface area contributed by atoms with E-state index in [-0.39, 0.29) is 42.6 Å². The van der Waals surface area contributed by atoms with Gasteiger partial charge in [-0.3, -0.25) is 4.79 Å². The van der Waals surface area contributed by atoms with Gasteiger partial charge < -0.3 is 10.2 Å².